The highest BCUT2D eigenvalue weighted by Gasteiger charge is 2.31. The first-order valence-electron chi connectivity index (χ1n) is 6.66. The average molecular weight is 319 g/mol. The number of carbonyl (C=O) groups is 1. The third-order valence-corrected chi connectivity index (χ3v) is 3.57. The first-order chi connectivity index (χ1) is 8.89. The Morgan fingerprint density at radius 1 is 1.35 bits per heavy atom. The molecule has 0 saturated heterocycles. The molecule has 5 heteroatoms. The maximum absolute atomic E-state index is 12.3. The fourth-order valence-electron chi connectivity index (χ4n) is 1.98. The Labute approximate surface area is 132 Å². The molecule has 0 aliphatic carbocycles. The van der Waals surface area contributed by atoms with Crippen LogP contribution in [0.15, 0.2) is 24.3 Å². The Morgan fingerprint density at radius 3 is 2.50 bits per heavy atom. The summed E-state index contributed by atoms with van der Waals surface area (Å²) in [6.07, 6.45) is 0. The number of hydrogen-bond acceptors (Lipinski definition) is 2. The van der Waals surface area contributed by atoms with Crippen LogP contribution in [0.2, 0.25) is 5.02 Å². The highest BCUT2D eigenvalue weighted by atomic mass is 35.5. The van der Waals surface area contributed by atoms with E-state index in [1.807, 2.05) is 52.0 Å². The number of nitrogens with one attached hydrogen (secondary N) is 2. The minimum atomic E-state index is -0.635. The quantitative estimate of drug-likeness (QED) is 0.846. The molecule has 20 heavy (non-hydrogen) atoms. The van der Waals surface area contributed by atoms with E-state index >= 15 is 0 Å². The van der Waals surface area contributed by atoms with Crippen LogP contribution < -0.4 is 10.6 Å². The summed E-state index contributed by atoms with van der Waals surface area (Å²) >= 11 is 6.17. The molecule has 0 bridgehead atoms. The zero-order valence-electron chi connectivity index (χ0n) is 12.5. The van der Waals surface area contributed by atoms with Gasteiger partial charge in [-0.2, -0.15) is 0 Å². The number of amides is 1. The fourth-order valence-corrected chi connectivity index (χ4v) is 2.35. The molecule has 0 fully saturated rings. The van der Waals surface area contributed by atoms with Crippen molar-refractivity contribution in [2.75, 3.05) is 13.1 Å². The lowest BCUT2D eigenvalue weighted by Crippen LogP contribution is -2.45. The third-order valence-electron chi connectivity index (χ3n) is 3.24. The van der Waals surface area contributed by atoms with Crippen LogP contribution in [0.3, 0.4) is 0 Å². The van der Waals surface area contributed by atoms with Gasteiger partial charge in [-0.15, -0.1) is 12.4 Å². The summed E-state index contributed by atoms with van der Waals surface area (Å²) in [7, 11) is 0. The summed E-state index contributed by atoms with van der Waals surface area (Å²) in [6, 6.07) is 7.74. The van der Waals surface area contributed by atoms with Gasteiger partial charge in [0.15, 0.2) is 0 Å². The van der Waals surface area contributed by atoms with Crippen molar-refractivity contribution in [1.29, 1.82) is 0 Å². The van der Waals surface area contributed by atoms with Crippen molar-refractivity contribution in [2.24, 2.45) is 0 Å². The van der Waals surface area contributed by atoms with Crippen LogP contribution in [0.25, 0.3) is 0 Å². The molecule has 1 amide bonds. The van der Waals surface area contributed by atoms with E-state index in [9.17, 15) is 4.79 Å². The van der Waals surface area contributed by atoms with E-state index in [1.165, 1.54) is 0 Å². The molecule has 2 N–H and O–H groups in total. The Bertz CT molecular complexity index is 436. The maximum atomic E-state index is 12.3. The van der Waals surface area contributed by atoms with Crippen LogP contribution in [0.1, 0.15) is 33.3 Å². The van der Waals surface area contributed by atoms with Crippen LogP contribution in [0, 0.1) is 0 Å². The van der Waals surface area contributed by atoms with Gasteiger partial charge in [-0.1, -0.05) is 36.7 Å². The number of rotatable bonds is 6. The van der Waals surface area contributed by atoms with E-state index in [4.69, 9.17) is 11.6 Å². The van der Waals surface area contributed by atoms with Gasteiger partial charge in [-0.05, 0) is 38.9 Å². The molecule has 1 aromatic carbocycles. The number of benzene rings is 1. The third kappa shape index (κ3) is 4.97. The largest absolute Gasteiger partial charge is 0.354 e. The van der Waals surface area contributed by atoms with Crippen molar-refractivity contribution < 1.29 is 4.79 Å². The Balaban J connectivity index is 0.00000361. The molecule has 0 unspecified atom stereocenters. The molecule has 1 aromatic rings. The van der Waals surface area contributed by atoms with Gasteiger partial charge in [0.2, 0.25) is 5.91 Å². The van der Waals surface area contributed by atoms with Crippen molar-refractivity contribution in [2.45, 2.75) is 39.2 Å². The van der Waals surface area contributed by atoms with Crippen molar-refractivity contribution >= 4 is 29.9 Å². The van der Waals surface area contributed by atoms with E-state index in [2.05, 4.69) is 10.6 Å². The van der Waals surface area contributed by atoms with Crippen LogP contribution in [0.4, 0.5) is 0 Å². The molecule has 114 valence electrons. The molecular formula is C15H24Cl2N2O. The zero-order valence-corrected chi connectivity index (χ0v) is 14.1. The van der Waals surface area contributed by atoms with Gasteiger partial charge in [-0.25, -0.2) is 0 Å². The normalized spacial score (nSPS) is 12.4. The van der Waals surface area contributed by atoms with Gasteiger partial charge in [0.25, 0.3) is 0 Å². The number of halogens is 2. The van der Waals surface area contributed by atoms with Crippen LogP contribution in [-0.2, 0) is 10.2 Å². The lowest BCUT2D eigenvalue weighted by Gasteiger charge is -2.26. The van der Waals surface area contributed by atoms with Gasteiger partial charge in [0.05, 0.1) is 5.41 Å². The van der Waals surface area contributed by atoms with E-state index in [-0.39, 0.29) is 24.4 Å². The highest BCUT2D eigenvalue weighted by molar-refractivity contribution is 6.31. The predicted molar refractivity (Wildman–Crippen MR) is 87.9 cm³/mol. The fraction of sp³-hybridized carbons (Fsp3) is 0.533. The topological polar surface area (TPSA) is 41.1 Å². The minimum absolute atomic E-state index is 0. The highest BCUT2D eigenvalue weighted by Crippen LogP contribution is 2.29. The first kappa shape index (κ1) is 19.2. The molecule has 1 rings (SSSR count). The smallest absolute Gasteiger partial charge is 0.230 e. The summed E-state index contributed by atoms with van der Waals surface area (Å²) in [5, 5.41) is 6.86. The Hall–Kier alpha value is -0.770. The molecule has 3 nitrogen and oxygen atoms in total. The first-order valence-corrected chi connectivity index (χ1v) is 7.04. The molecule has 0 aromatic heterocycles. The van der Waals surface area contributed by atoms with Gasteiger partial charge < -0.3 is 10.6 Å². The Morgan fingerprint density at radius 2 is 1.95 bits per heavy atom. The second kappa shape index (κ2) is 8.50. The molecule has 0 spiro atoms. The molecule has 0 aliphatic heterocycles. The van der Waals surface area contributed by atoms with Crippen LogP contribution in [-0.4, -0.2) is 25.0 Å². The summed E-state index contributed by atoms with van der Waals surface area (Å²) < 4.78 is 0. The van der Waals surface area contributed by atoms with Gasteiger partial charge in [0.1, 0.15) is 0 Å². The standard InChI is InChI=1S/C15H23ClN2O.ClH/c1-5-17-11(2)10-18-14(19)15(3,4)12-8-6-7-9-13(12)16;/h6-9,11,17H,5,10H2,1-4H3,(H,18,19);1H/t11-;/m1./s1. The van der Waals surface area contributed by atoms with E-state index in [0.717, 1.165) is 12.1 Å². The van der Waals surface area contributed by atoms with Gasteiger partial charge in [0, 0.05) is 17.6 Å². The molecule has 0 heterocycles. The Kier molecular flexibility index (Phi) is 8.17. The van der Waals surface area contributed by atoms with Gasteiger partial charge >= 0.3 is 0 Å². The summed E-state index contributed by atoms with van der Waals surface area (Å²) in [5.74, 6) is -0.00893. The average Bonchev–Trinajstić information content (AvgIpc) is 2.36. The van der Waals surface area contributed by atoms with Crippen LogP contribution >= 0.6 is 24.0 Å². The van der Waals surface area contributed by atoms with Gasteiger partial charge in [-0.3, -0.25) is 4.79 Å². The molecule has 1 atom stereocenters. The van der Waals surface area contributed by atoms with E-state index < -0.39 is 5.41 Å². The minimum Gasteiger partial charge on any atom is -0.354 e. The molecule has 0 saturated carbocycles. The SMILES string of the molecule is CCN[C@H](C)CNC(=O)C(C)(C)c1ccccc1Cl.Cl. The van der Waals surface area contributed by atoms with Crippen LogP contribution in [0.5, 0.6) is 0 Å². The van der Waals surface area contributed by atoms with Crippen molar-refractivity contribution in [3.63, 3.8) is 0 Å². The number of hydrogen-bond donors (Lipinski definition) is 2. The van der Waals surface area contributed by atoms with E-state index in [0.29, 0.717) is 11.6 Å². The molecule has 0 radical (unpaired) electrons. The van der Waals surface area contributed by atoms with Crippen molar-refractivity contribution in [1.82, 2.24) is 10.6 Å². The zero-order chi connectivity index (χ0) is 14.5. The van der Waals surface area contributed by atoms with E-state index in [1.54, 1.807) is 0 Å². The summed E-state index contributed by atoms with van der Waals surface area (Å²) in [4.78, 5) is 12.3. The molecule has 0 aliphatic rings. The molecular weight excluding hydrogens is 295 g/mol. The summed E-state index contributed by atoms with van der Waals surface area (Å²) in [6.45, 7) is 9.38. The predicted octanol–water partition coefficient (Wildman–Crippen LogP) is 3.15. The maximum Gasteiger partial charge on any atom is 0.230 e. The summed E-state index contributed by atoms with van der Waals surface area (Å²) in [5.41, 5.74) is 0.217. The number of likely N-dealkylation sites (N-methyl/N-ethyl adjacent to an activating group) is 1. The number of carbonyl (C=O) groups excluding carboxylic acids is 1. The monoisotopic (exact) mass is 318 g/mol. The lowest BCUT2D eigenvalue weighted by atomic mass is 9.83. The second-order valence-corrected chi connectivity index (χ2v) is 5.68. The lowest BCUT2D eigenvalue weighted by molar-refractivity contribution is -0.125. The van der Waals surface area contributed by atoms with Crippen molar-refractivity contribution in [3.8, 4) is 0 Å². The second-order valence-electron chi connectivity index (χ2n) is 5.27. The van der Waals surface area contributed by atoms with Crippen molar-refractivity contribution in [3.05, 3.63) is 34.9 Å².